The Morgan fingerprint density at radius 1 is 1.04 bits per heavy atom. The van der Waals surface area contributed by atoms with E-state index in [9.17, 15) is 27.2 Å². The molecule has 4 rings (SSSR count). The minimum Gasteiger partial charge on any atom is -0.321 e. The molecule has 0 radical (unpaired) electrons. The Balaban J connectivity index is 1.80. The molecule has 0 atom stereocenters. The molecule has 1 aliphatic heterocycles. The molecule has 4 nitrogen and oxygen atoms in total. The molecule has 0 aliphatic carbocycles. The smallest absolute Gasteiger partial charge is 0.258 e. The highest BCUT2D eigenvalue weighted by Gasteiger charge is 2.30. The number of hydrogen-bond acceptors (Lipinski definition) is 2. The molecule has 3 aromatic carbocycles. The van der Waals surface area contributed by atoms with E-state index in [1.165, 1.54) is 6.07 Å². The van der Waals surface area contributed by atoms with Crippen LogP contribution in [0.3, 0.4) is 0 Å². The van der Waals surface area contributed by atoms with Gasteiger partial charge in [-0.1, -0.05) is 12.1 Å². The second-order valence-electron chi connectivity index (χ2n) is 6.21. The summed E-state index contributed by atoms with van der Waals surface area (Å²) in [7, 11) is 0. The number of carbonyl (C=O) groups excluding carboxylic acids is 2. The van der Waals surface area contributed by atoms with Crippen LogP contribution in [0.1, 0.15) is 27.6 Å². The molecule has 3 aromatic rings. The molecule has 0 saturated carbocycles. The summed E-state index contributed by atoms with van der Waals surface area (Å²) in [5.41, 5.74) is 0.378. The van der Waals surface area contributed by atoms with Gasteiger partial charge in [0.05, 0.1) is 11.3 Å². The Kier molecular flexibility index (Phi) is 4.06. The zero-order chi connectivity index (χ0) is 20.2. The first-order valence-corrected chi connectivity index (χ1v) is 8.37. The number of nitrogens with one attached hydrogen (secondary N) is 1. The van der Waals surface area contributed by atoms with Crippen molar-refractivity contribution >= 4 is 34.0 Å². The van der Waals surface area contributed by atoms with E-state index in [1.807, 2.05) is 6.92 Å². The van der Waals surface area contributed by atoms with Crippen molar-refractivity contribution in [1.29, 1.82) is 0 Å². The van der Waals surface area contributed by atoms with Crippen molar-refractivity contribution in [3.63, 3.8) is 0 Å². The van der Waals surface area contributed by atoms with E-state index in [0.717, 1.165) is 0 Å². The summed E-state index contributed by atoms with van der Waals surface area (Å²) >= 11 is 0. The SMILES string of the molecule is CCN1C(=O)c2cccc3c(NC(=O)c4cc(F)c(F)c(F)c4F)ccc1c23. The Hall–Kier alpha value is -3.42. The third-order valence-electron chi connectivity index (χ3n) is 4.70. The lowest BCUT2D eigenvalue weighted by atomic mass is 10.0. The van der Waals surface area contributed by atoms with Gasteiger partial charge in [-0.3, -0.25) is 9.59 Å². The van der Waals surface area contributed by atoms with Gasteiger partial charge in [-0.2, -0.15) is 0 Å². The fourth-order valence-corrected chi connectivity index (χ4v) is 3.40. The van der Waals surface area contributed by atoms with Gasteiger partial charge in [0.1, 0.15) is 0 Å². The summed E-state index contributed by atoms with van der Waals surface area (Å²) < 4.78 is 53.9. The van der Waals surface area contributed by atoms with Gasteiger partial charge in [0.2, 0.25) is 0 Å². The van der Waals surface area contributed by atoms with Gasteiger partial charge >= 0.3 is 0 Å². The Bertz CT molecular complexity index is 1180. The van der Waals surface area contributed by atoms with Gasteiger partial charge < -0.3 is 10.2 Å². The summed E-state index contributed by atoms with van der Waals surface area (Å²) in [6.45, 7) is 2.28. The van der Waals surface area contributed by atoms with E-state index in [2.05, 4.69) is 5.32 Å². The van der Waals surface area contributed by atoms with Crippen LogP contribution in [0.5, 0.6) is 0 Å². The third-order valence-corrected chi connectivity index (χ3v) is 4.70. The Morgan fingerprint density at radius 2 is 1.79 bits per heavy atom. The number of benzene rings is 3. The van der Waals surface area contributed by atoms with Crippen molar-refractivity contribution < 1.29 is 27.2 Å². The molecule has 8 heteroatoms. The van der Waals surface area contributed by atoms with Crippen LogP contribution >= 0.6 is 0 Å². The first-order chi connectivity index (χ1) is 13.3. The molecule has 28 heavy (non-hydrogen) atoms. The molecule has 142 valence electrons. The summed E-state index contributed by atoms with van der Waals surface area (Å²) in [5.74, 6) is -8.83. The van der Waals surface area contributed by atoms with Crippen molar-refractivity contribution in [2.45, 2.75) is 6.92 Å². The summed E-state index contributed by atoms with van der Waals surface area (Å²) in [4.78, 5) is 26.4. The quantitative estimate of drug-likeness (QED) is 0.404. The zero-order valence-corrected chi connectivity index (χ0v) is 14.4. The Labute approximate surface area is 156 Å². The molecule has 0 fully saturated rings. The second-order valence-corrected chi connectivity index (χ2v) is 6.21. The molecule has 0 saturated heterocycles. The standard InChI is InChI=1S/C20H12F4N2O2/c1-2-26-14-7-6-13(9-4-3-5-10(15(9)14)20(26)28)25-19(27)11-8-12(21)17(23)18(24)16(11)22/h3-8H,2H2,1H3,(H,25,27). The van der Waals surface area contributed by atoms with E-state index < -0.39 is 34.7 Å². The van der Waals surface area contributed by atoms with E-state index >= 15 is 0 Å². The highest BCUT2D eigenvalue weighted by atomic mass is 19.2. The average Bonchev–Trinajstić information content (AvgIpc) is 2.97. The minimum atomic E-state index is -2.06. The van der Waals surface area contributed by atoms with E-state index in [0.29, 0.717) is 34.6 Å². The molecular formula is C20H12F4N2O2. The fourth-order valence-electron chi connectivity index (χ4n) is 3.40. The van der Waals surface area contributed by atoms with Crippen molar-refractivity contribution in [2.24, 2.45) is 0 Å². The highest BCUT2D eigenvalue weighted by molar-refractivity contribution is 6.27. The highest BCUT2D eigenvalue weighted by Crippen LogP contribution is 2.40. The lowest BCUT2D eigenvalue weighted by Crippen LogP contribution is -2.25. The van der Waals surface area contributed by atoms with Gasteiger partial charge in [0, 0.05) is 28.6 Å². The summed E-state index contributed by atoms with van der Waals surface area (Å²) in [6, 6.07) is 8.37. The first kappa shape index (κ1) is 18.0. The monoisotopic (exact) mass is 388 g/mol. The molecule has 0 unspecified atom stereocenters. The first-order valence-electron chi connectivity index (χ1n) is 8.37. The average molecular weight is 388 g/mol. The molecule has 0 bridgehead atoms. The maximum absolute atomic E-state index is 13.9. The maximum atomic E-state index is 13.9. The van der Waals surface area contributed by atoms with Crippen LogP contribution < -0.4 is 10.2 Å². The van der Waals surface area contributed by atoms with Crippen LogP contribution in [0.4, 0.5) is 28.9 Å². The van der Waals surface area contributed by atoms with Crippen LogP contribution in [0, 0.1) is 23.3 Å². The number of amides is 2. The predicted octanol–water partition coefficient (Wildman–Crippen LogP) is 4.63. The fraction of sp³-hybridized carbons (Fsp3) is 0.100. The van der Waals surface area contributed by atoms with Gasteiger partial charge in [-0.15, -0.1) is 0 Å². The van der Waals surface area contributed by atoms with Gasteiger partial charge in [-0.05, 0) is 31.2 Å². The summed E-state index contributed by atoms with van der Waals surface area (Å²) in [6.07, 6.45) is 0. The number of nitrogens with zero attached hydrogens (tertiary/aromatic N) is 1. The van der Waals surface area contributed by atoms with Crippen LogP contribution in [-0.2, 0) is 0 Å². The van der Waals surface area contributed by atoms with E-state index in [1.54, 1.807) is 29.2 Å². The molecule has 0 aromatic heterocycles. The van der Waals surface area contributed by atoms with Crippen LogP contribution in [0.15, 0.2) is 36.4 Å². The molecule has 1 N–H and O–H groups in total. The molecule has 1 aliphatic rings. The van der Waals surface area contributed by atoms with Crippen molar-refractivity contribution in [1.82, 2.24) is 0 Å². The normalized spacial score (nSPS) is 12.8. The molecular weight excluding hydrogens is 376 g/mol. The number of hydrogen-bond donors (Lipinski definition) is 1. The lowest BCUT2D eigenvalue weighted by molar-refractivity contribution is 0.0992. The predicted molar refractivity (Wildman–Crippen MR) is 95.5 cm³/mol. The van der Waals surface area contributed by atoms with Crippen LogP contribution in [-0.4, -0.2) is 18.4 Å². The minimum absolute atomic E-state index is 0.180. The number of anilines is 2. The van der Waals surface area contributed by atoms with Crippen molar-refractivity contribution in [3.8, 4) is 0 Å². The van der Waals surface area contributed by atoms with Crippen LogP contribution in [0.2, 0.25) is 0 Å². The summed E-state index contributed by atoms with van der Waals surface area (Å²) in [5, 5.41) is 3.51. The third kappa shape index (κ3) is 2.45. The zero-order valence-electron chi connectivity index (χ0n) is 14.4. The van der Waals surface area contributed by atoms with Gasteiger partial charge in [-0.25, -0.2) is 17.6 Å². The largest absolute Gasteiger partial charge is 0.321 e. The Morgan fingerprint density at radius 3 is 2.50 bits per heavy atom. The number of halogens is 4. The molecule has 0 spiro atoms. The number of rotatable bonds is 3. The van der Waals surface area contributed by atoms with Crippen molar-refractivity contribution in [2.75, 3.05) is 16.8 Å². The topological polar surface area (TPSA) is 49.4 Å². The lowest BCUT2D eigenvalue weighted by Gasteiger charge is -2.15. The second kappa shape index (κ2) is 6.33. The van der Waals surface area contributed by atoms with Crippen LogP contribution in [0.25, 0.3) is 10.8 Å². The number of carbonyl (C=O) groups is 2. The molecule has 1 heterocycles. The van der Waals surface area contributed by atoms with Gasteiger partial charge in [0.25, 0.3) is 11.8 Å². The molecule has 2 amide bonds. The van der Waals surface area contributed by atoms with E-state index in [4.69, 9.17) is 0 Å². The van der Waals surface area contributed by atoms with E-state index in [-0.39, 0.29) is 11.6 Å². The van der Waals surface area contributed by atoms with Crippen molar-refractivity contribution in [3.05, 3.63) is 70.8 Å². The van der Waals surface area contributed by atoms with Gasteiger partial charge in [0.15, 0.2) is 23.3 Å². The maximum Gasteiger partial charge on any atom is 0.258 e.